The van der Waals surface area contributed by atoms with Gasteiger partial charge in [0.1, 0.15) is 0 Å². The van der Waals surface area contributed by atoms with Crippen molar-refractivity contribution in [3.8, 4) is 0 Å². The number of nitrogens with two attached hydrogens (primary N) is 1. The highest BCUT2D eigenvalue weighted by Crippen LogP contribution is 2.19. The summed E-state index contributed by atoms with van der Waals surface area (Å²) in [5.41, 5.74) is 9.37. The summed E-state index contributed by atoms with van der Waals surface area (Å²) in [4.78, 5) is 18.0. The van der Waals surface area contributed by atoms with Crippen LogP contribution < -0.4 is 5.73 Å². The lowest BCUT2D eigenvalue weighted by atomic mass is 10.1. The molecule has 3 N–H and O–H groups in total. The molecule has 2 aromatic carbocycles. The summed E-state index contributed by atoms with van der Waals surface area (Å²) in [7, 11) is 0. The summed E-state index contributed by atoms with van der Waals surface area (Å²) in [5.74, 6) is 0.235. The number of hydrogen-bond donors (Lipinski definition) is 2. The number of hydrogen-bond acceptors (Lipinski definition) is 2. The molecule has 0 aliphatic heterocycles. The average molecular weight is 364 g/mol. The fourth-order valence-corrected chi connectivity index (χ4v) is 3.48. The number of carbonyl (C=O) groups excluding carboxylic acids is 1. The number of amides is 1. The van der Waals surface area contributed by atoms with Crippen molar-refractivity contribution in [2.75, 3.05) is 19.6 Å². The van der Waals surface area contributed by atoms with E-state index in [1.165, 1.54) is 16.5 Å². The number of H-pyrrole nitrogens is 1. The van der Waals surface area contributed by atoms with Crippen LogP contribution in [0.1, 0.15) is 30.4 Å². The quantitative estimate of drug-likeness (QED) is 0.574. The Hall–Kier alpha value is -2.59. The van der Waals surface area contributed by atoms with Gasteiger partial charge in [-0.25, -0.2) is 0 Å². The zero-order chi connectivity index (χ0) is 18.9. The van der Waals surface area contributed by atoms with Crippen LogP contribution in [0.15, 0.2) is 60.8 Å². The van der Waals surface area contributed by atoms with E-state index >= 15 is 0 Å². The summed E-state index contributed by atoms with van der Waals surface area (Å²) < 4.78 is 0. The number of rotatable bonds is 10. The number of aromatic amines is 1. The van der Waals surface area contributed by atoms with Crippen LogP contribution >= 0.6 is 0 Å². The van der Waals surface area contributed by atoms with Gasteiger partial charge in [-0.1, -0.05) is 48.5 Å². The Morgan fingerprint density at radius 3 is 2.52 bits per heavy atom. The second-order valence-corrected chi connectivity index (χ2v) is 6.97. The van der Waals surface area contributed by atoms with Crippen molar-refractivity contribution < 1.29 is 4.79 Å². The fraction of sp³-hybridized carbons (Fsp3) is 0.348. The number of aromatic nitrogens is 1. The van der Waals surface area contributed by atoms with Gasteiger partial charge in [0.25, 0.3) is 0 Å². The van der Waals surface area contributed by atoms with Crippen LogP contribution in [-0.2, 0) is 17.6 Å². The van der Waals surface area contributed by atoms with E-state index in [0.717, 1.165) is 44.3 Å². The van der Waals surface area contributed by atoms with E-state index in [2.05, 4.69) is 41.5 Å². The van der Waals surface area contributed by atoms with Crippen molar-refractivity contribution in [3.63, 3.8) is 0 Å². The molecule has 0 spiro atoms. The van der Waals surface area contributed by atoms with Gasteiger partial charge in [-0.05, 0) is 49.4 Å². The molecule has 142 valence electrons. The highest BCUT2D eigenvalue weighted by atomic mass is 16.2. The van der Waals surface area contributed by atoms with Crippen molar-refractivity contribution in [1.82, 2.24) is 9.88 Å². The summed E-state index contributed by atoms with van der Waals surface area (Å²) in [6, 6.07) is 18.7. The largest absolute Gasteiger partial charge is 0.361 e. The summed E-state index contributed by atoms with van der Waals surface area (Å²) in [6.45, 7) is 2.12. The molecular weight excluding hydrogens is 334 g/mol. The number of nitrogens with one attached hydrogen (secondary N) is 1. The molecule has 0 atom stereocenters. The molecule has 1 aromatic heterocycles. The van der Waals surface area contributed by atoms with Gasteiger partial charge in [0.2, 0.25) is 5.91 Å². The van der Waals surface area contributed by atoms with Crippen LogP contribution in [0.4, 0.5) is 0 Å². The smallest absolute Gasteiger partial charge is 0.222 e. The monoisotopic (exact) mass is 363 g/mol. The van der Waals surface area contributed by atoms with Crippen molar-refractivity contribution in [2.45, 2.75) is 32.1 Å². The second kappa shape index (κ2) is 9.93. The minimum atomic E-state index is 0.235. The van der Waals surface area contributed by atoms with Gasteiger partial charge in [-0.2, -0.15) is 0 Å². The maximum absolute atomic E-state index is 12.7. The van der Waals surface area contributed by atoms with Gasteiger partial charge in [-0.3, -0.25) is 4.79 Å². The van der Waals surface area contributed by atoms with Gasteiger partial charge in [0.15, 0.2) is 0 Å². The Morgan fingerprint density at radius 2 is 1.70 bits per heavy atom. The Kier molecular flexibility index (Phi) is 7.05. The van der Waals surface area contributed by atoms with Crippen LogP contribution in [-0.4, -0.2) is 35.4 Å². The van der Waals surface area contributed by atoms with Crippen molar-refractivity contribution in [1.29, 1.82) is 0 Å². The van der Waals surface area contributed by atoms with E-state index in [1.807, 2.05) is 29.2 Å². The summed E-state index contributed by atoms with van der Waals surface area (Å²) >= 11 is 0. The third-order valence-electron chi connectivity index (χ3n) is 5.01. The van der Waals surface area contributed by atoms with Gasteiger partial charge in [-0.15, -0.1) is 0 Å². The van der Waals surface area contributed by atoms with E-state index < -0.39 is 0 Å². The number of carbonyl (C=O) groups is 1. The molecule has 0 fully saturated rings. The molecule has 4 heteroatoms. The first-order chi connectivity index (χ1) is 13.3. The minimum Gasteiger partial charge on any atom is -0.361 e. The predicted molar refractivity (Wildman–Crippen MR) is 112 cm³/mol. The van der Waals surface area contributed by atoms with Crippen LogP contribution in [0.3, 0.4) is 0 Å². The molecule has 1 heterocycles. The van der Waals surface area contributed by atoms with Gasteiger partial charge in [0.05, 0.1) is 0 Å². The summed E-state index contributed by atoms with van der Waals surface area (Å²) in [6.07, 6.45) is 6.17. The zero-order valence-corrected chi connectivity index (χ0v) is 15.9. The van der Waals surface area contributed by atoms with Crippen LogP contribution in [0.5, 0.6) is 0 Å². The first-order valence-corrected chi connectivity index (χ1v) is 9.84. The number of para-hydroxylation sites is 1. The molecule has 0 aliphatic carbocycles. The van der Waals surface area contributed by atoms with E-state index in [0.29, 0.717) is 13.0 Å². The Balaban J connectivity index is 1.52. The topological polar surface area (TPSA) is 62.1 Å². The predicted octanol–water partition coefficient (Wildman–Crippen LogP) is 3.91. The third kappa shape index (κ3) is 5.44. The Morgan fingerprint density at radius 1 is 0.926 bits per heavy atom. The van der Waals surface area contributed by atoms with Crippen molar-refractivity contribution in [2.24, 2.45) is 5.73 Å². The Labute approximate surface area is 161 Å². The fourth-order valence-electron chi connectivity index (χ4n) is 3.48. The highest BCUT2D eigenvalue weighted by Gasteiger charge is 2.13. The number of nitrogens with zero attached hydrogens (tertiary/aromatic N) is 1. The molecule has 3 aromatic rings. The van der Waals surface area contributed by atoms with E-state index in [1.54, 1.807) is 0 Å². The first-order valence-electron chi connectivity index (χ1n) is 9.84. The highest BCUT2D eigenvalue weighted by molar-refractivity contribution is 5.83. The maximum Gasteiger partial charge on any atom is 0.222 e. The molecule has 0 unspecified atom stereocenters. The molecule has 27 heavy (non-hydrogen) atoms. The average Bonchev–Trinajstić information content (AvgIpc) is 3.12. The van der Waals surface area contributed by atoms with Crippen LogP contribution in [0, 0.1) is 0 Å². The SMILES string of the molecule is NCCCN(CCc1ccccc1)C(=O)CCCc1c[nH]c2ccccc12. The lowest BCUT2D eigenvalue weighted by Gasteiger charge is -2.22. The lowest BCUT2D eigenvalue weighted by Crippen LogP contribution is -2.34. The van der Waals surface area contributed by atoms with Gasteiger partial charge < -0.3 is 15.6 Å². The molecule has 0 saturated heterocycles. The zero-order valence-electron chi connectivity index (χ0n) is 15.9. The first kappa shape index (κ1) is 19.2. The number of aryl methyl sites for hydroxylation is 1. The molecular formula is C23H29N3O. The molecule has 1 amide bonds. The van der Waals surface area contributed by atoms with E-state index in [9.17, 15) is 4.79 Å². The van der Waals surface area contributed by atoms with Crippen LogP contribution in [0.25, 0.3) is 10.9 Å². The minimum absolute atomic E-state index is 0.235. The Bertz CT molecular complexity index is 841. The molecule has 0 aliphatic rings. The molecule has 0 radical (unpaired) electrons. The standard InChI is InChI=1S/C23H29N3O/c24-15-7-16-26(17-14-19-8-2-1-3-9-19)23(27)13-6-10-20-18-25-22-12-5-4-11-21(20)22/h1-5,8-9,11-12,18,25H,6-7,10,13-17,24H2. The molecule has 0 saturated carbocycles. The van der Waals surface area contributed by atoms with Gasteiger partial charge >= 0.3 is 0 Å². The maximum atomic E-state index is 12.7. The molecule has 0 bridgehead atoms. The van der Waals surface area contributed by atoms with Crippen LogP contribution in [0.2, 0.25) is 0 Å². The molecule has 3 rings (SSSR count). The number of benzene rings is 2. The van der Waals surface area contributed by atoms with Crippen molar-refractivity contribution >= 4 is 16.8 Å². The second-order valence-electron chi connectivity index (χ2n) is 6.97. The molecule has 4 nitrogen and oxygen atoms in total. The van der Waals surface area contributed by atoms with E-state index in [-0.39, 0.29) is 5.91 Å². The van der Waals surface area contributed by atoms with E-state index in [4.69, 9.17) is 5.73 Å². The van der Waals surface area contributed by atoms with Gasteiger partial charge in [0, 0.05) is 36.6 Å². The third-order valence-corrected chi connectivity index (χ3v) is 5.01. The number of fused-ring (bicyclic) bond motifs is 1. The normalized spacial score (nSPS) is 11.0. The van der Waals surface area contributed by atoms with Crippen molar-refractivity contribution in [3.05, 3.63) is 71.9 Å². The lowest BCUT2D eigenvalue weighted by molar-refractivity contribution is -0.131. The summed E-state index contributed by atoms with van der Waals surface area (Å²) in [5, 5.41) is 1.26.